The molecular weight excluding hydrogens is 224 g/mol. The second-order valence-electron chi connectivity index (χ2n) is 4.83. The van der Waals surface area contributed by atoms with Crippen molar-refractivity contribution in [1.82, 2.24) is 20.1 Å². The number of pyridine rings is 1. The van der Waals surface area contributed by atoms with Crippen LogP contribution in [0.4, 0.5) is 0 Å². The van der Waals surface area contributed by atoms with Gasteiger partial charge >= 0.3 is 0 Å². The number of nitrogens with zero attached hydrogens (tertiary/aromatic N) is 3. The fourth-order valence-corrected chi connectivity index (χ4v) is 2.62. The van der Waals surface area contributed by atoms with Gasteiger partial charge in [0.2, 0.25) is 0 Å². The van der Waals surface area contributed by atoms with Crippen molar-refractivity contribution in [3.05, 3.63) is 35.8 Å². The van der Waals surface area contributed by atoms with Gasteiger partial charge < -0.3 is 5.32 Å². The zero-order chi connectivity index (χ0) is 12.5. The molecule has 0 amide bonds. The Hall–Kier alpha value is -1.68. The summed E-state index contributed by atoms with van der Waals surface area (Å²) in [6.07, 6.45) is 4.23. The van der Waals surface area contributed by atoms with Crippen molar-refractivity contribution in [1.29, 1.82) is 0 Å². The molecular formula is C14H18N4. The summed E-state index contributed by atoms with van der Waals surface area (Å²) >= 11 is 0. The summed E-state index contributed by atoms with van der Waals surface area (Å²) < 4.78 is 1.96. The predicted octanol–water partition coefficient (Wildman–Crippen LogP) is 2.22. The summed E-state index contributed by atoms with van der Waals surface area (Å²) in [6, 6.07) is 6.41. The minimum absolute atomic E-state index is 0.377. The van der Waals surface area contributed by atoms with Gasteiger partial charge in [0.05, 0.1) is 17.4 Å². The zero-order valence-electron chi connectivity index (χ0n) is 10.8. The highest BCUT2D eigenvalue weighted by molar-refractivity contribution is 5.65. The molecule has 1 aliphatic rings. The third kappa shape index (κ3) is 1.82. The standard InChI is InChI=1S/C14H18N4/c1-10-13(11-6-3-4-8-15-11)14(17-18(10)2)12-7-5-9-16-12/h3-4,6,8,12,16H,5,7,9H2,1-2H3. The summed E-state index contributed by atoms with van der Waals surface area (Å²) in [5, 5.41) is 8.20. The van der Waals surface area contributed by atoms with Crippen molar-refractivity contribution in [2.24, 2.45) is 7.05 Å². The lowest BCUT2D eigenvalue weighted by molar-refractivity contribution is 0.605. The van der Waals surface area contributed by atoms with E-state index in [9.17, 15) is 0 Å². The van der Waals surface area contributed by atoms with Crippen molar-refractivity contribution >= 4 is 0 Å². The van der Waals surface area contributed by atoms with Crippen LogP contribution in [-0.4, -0.2) is 21.3 Å². The van der Waals surface area contributed by atoms with Gasteiger partial charge in [-0.25, -0.2) is 0 Å². The molecule has 94 valence electrons. The summed E-state index contributed by atoms with van der Waals surface area (Å²) in [5.74, 6) is 0. The van der Waals surface area contributed by atoms with E-state index in [1.807, 2.05) is 30.1 Å². The molecule has 4 heteroatoms. The number of aryl methyl sites for hydroxylation is 1. The molecule has 1 saturated heterocycles. The Labute approximate surface area is 107 Å². The number of nitrogens with one attached hydrogen (secondary N) is 1. The first-order chi connectivity index (χ1) is 8.77. The van der Waals surface area contributed by atoms with Crippen molar-refractivity contribution in [2.75, 3.05) is 6.54 Å². The first-order valence-electron chi connectivity index (χ1n) is 6.45. The molecule has 0 aliphatic carbocycles. The number of rotatable bonds is 2. The third-order valence-electron chi connectivity index (χ3n) is 3.67. The fourth-order valence-electron chi connectivity index (χ4n) is 2.62. The highest BCUT2D eigenvalue weighted by Crippen LogP contribution is 2.32. The summed E-state index contributed by atoms with van der Waals surface area (Å²) in [7, 11) is 2.00. The Kier molecular flexibility index (Phi) is 2.88. The van der Waals surface area contributed by atoms with Gasteiger partial charge in [0.25, 0.3) is 0 Å². The largest absolute Gasteiger partial charge is 0.309 e. The second-order valence-corrected chi connectivity index (χ2v) is 4.83. The lowest BCUT2D eigenvalue weighted by Gasteiger charge is -2.09. The van der Waals surface area contributed by atoms with E-state index in [-0.39, 0.29) is 0 Å². The van der Waals surface area contributed by atoms with Crippen LogP contribution in [0.1, 0.15) is 30.3 Å². The maximum atomic E-state index is 4.68. The van der Waals surface area contributed by atoms with Crippen LogP contribution >= 0.6 is 0 Å². The Morgan fingerprint density at radius 1 is 1.39 bits per heavy atom. The summed E-state index contributed by atoms with van der Waals surface area (Å²) in [6.45, 7) is 3.19. The Balaban J connectivity index is 2.12. The van der Waals surface area contributed by atoms with E-state index < -0.39 is 0 Å². The van der Waals surface area contributed by atoms with Gasteiger partial charge in [-0.3, -0.25) is 9.67 Å². The van der Waals surface area contributed by atoms with E-state index in [2.05, 4.69) is 28.4 Å². The van der Waals surface area contributed by atoms with E-state index in [1.54, 1.807) is 0 Å². The van der Waals surface area contributed by atoms with Gasteiger partial charge in [0.1, 0.15) is 0 Å². The first-order valence-corrected chi connectivity index (χ1v) is 6.45. The van der Waals surface area contributed by atoms with Crippen molar-refractivity contribution in [2.45, 2.75) is 25.8 Å². The molecule has 0 spiro atoms. The van der Waals surface area contributed by atoms with E-state index in [0.29, 0.717) is 6.04 Å². The molecule has 1 aliphatic heterocycles. The zero-order valence-corrected chi connectivity index (χ0v) is 10.8. The monoisotopic (exact) mass is 242 g/mol. The number of hydrogen-bond donors (Lipinski definition) is 1. The quantitative estimate of drug-likeness (QED) is 0.878. The Morgan fingerprint density at radius 2 is 2.28 bits per heavy atom. The maximum absolute atomic E-state index is 4.68. The topological polar surface area (TPSA) is 42.7 Å². The lowest BCUT2D eigenvalue weighted by Crippen LogP contribution is -2.14. The smallest absolute Gasteiger partial charge is 0.0890 e. The van der Waals surface area contributed by atoms with Crippen LogP contribution in [0.3, 0.4) is 0 Å². The van der Waals surface area contributed by atoms with E-state index >= 15 is 0 Å². The average Bonchev–Trinajstić information content (AvgIpc) is 3.00. The lowest BCUT2D eigenvalue weighted by atomic mass is 10.0. The van der Waals surface area contributed by atoms with Crippen LogP contribution in [0.5, 0.6) is 0 Å². The molecule has 0 radical (unpaired) electrons. The molecule has 1 atom stereocenters. The summed E-state index contributed by atoms with van der Waals surface area (Å²) in [5.41, 5.74) is 4.54. The number of hydrogen-bond acceptors (Lipinski definition) is 3. The fraction of sp³-hybridized carbons (Fsp3) is 0.429. The van der Waals surface area contributed by atoms with Gasteiger partial charge in [-0.15, -0.1) is 0 Å². The van der Waals surface area contributed by atoms with Gasteiger partial charge in [0, 0.05) is 24.5 Å². The number of aromatic nitrogens is 3. The van der Waals surface area contributed by atoms with Gasteiger partial charge in [-0.2, -0.15) is 5.10 Å². The van der Waals surface area contributed by atoms with Gasteiger partial charge in [-0.05, 0) is 38.4 Å². The van der Waals surface area contributed by atoms with Gasteiger partial charge in [0.15, 0.2) is 0 Å². The van der Waals surface area contributed by atoms with Crippen LogP contribution < -0.4 is 5.32 Å². The third-order valence-corrected chi connectivity index (χ3v) is 3.67. The molecule has 0 bridgehead atoms. The molecule has 2 aromatic heterocycles. The minimum Gasteiger partial charge on any atom is -0.309 e. The van der Waals surface area contributed by atoms with Crippen LogP contribution in [0.2, 0.25) is 0 Å². The highest BCUT2D eigenvalue weighted by atomic mass is 15.3. The van der Waals surface area contributed by atoms with Crippen LogP contribution in [0, 0.1) is 6.92 Å². The molecule has 4 nitrogen and oxygen atoms in total. The molecule has 2 aromatic rings. The minimum atomic E-state index is 0.377. The Morgan fingerprint density at radius 3 is 2.94 bits per heavy atom. The summed E-state index contributed by atoms with van der Waals surface area (Å²) in [4.78, 5) is 4.47. The molecule has 0 aromatic carbocycles. The van der Waals surface area contributed by atoms with Crippen molar-refractivity contribution < 1.29 is 0 Å². The first kappa shape index (κ1) is 11.4. The molecule has 1 fully saturated rings. The SMILES string of the molecule is Cc1c(-c2ccccn2)c(C2CCCN2)nn1C. The van der Waals surface area contributed by atoms with Crippen molar-refractivity contribution in [3.8, 4) is 11.3 Å². The maximum Gasteiger partial charge on any atom is 0.0890 e. The van der Waals surface area contributed by atoms with Gasteiger partial charge in [-0.1, -0.05) is 6.07 Å². The molecule has 1 unspecified atom stereocenters. The predicted molar refractivity (Wildman–Crippen MR) is 71.2 cm³/mol. The highest BCUT2D eigenvalue weighted by Gasteiger charge is 2.25. The van der Waals surface area contributed by atoms with Crippen LogP contribution in [0.15, 0.2) is 24.4 Å². The van der Waals surface area contributed by atoms with Crippen molar-refractivity contribution in [3.63, 3.8) is 0 Å². The molecule has 18 heavy (non-hydrogen) atoms. The van der Waals surface area contributed by atoms with E-state index in [4.69, 9.17) is 0 Å². The van der Waals surface area contributed by atoms with Crippen LogP contribution in [-0.2, 0) is 7.05 Å². The molecule has 3 heterocycles. The normalized spacial score (nSPS) is 19.3. The molecule has 1 N–H and O–H groups in total. The molecule has 0 saturated carbocycles. The Bertz CT molecular complexity index is 538. The average molecular weight is 242 g/mol. The second kappa shape index (κ2) is 4.53. The van der Waals surface area contributed by atoms with Crippen LogP contribution in [0.25, 0.3) is 11.3 Å². The van der Waals surface area contributed by atoms with E-state index in [0.717, 1.165) is 24.4 Å². The van der Waals surface area contributed by atoms with E-state index in [1.165, 1.54) is 17.7 Å². The molecule has 3 rings (SSSR count).